The van der Waals surface area contributed by atoms with Crippen LogP contribution in [0.5, 0.6) is 0 Å². The number of carbonyl (C=O) groups excluding carboxylic acids is 1. The van der Waals surface area contributed by atoms with Crippen LogP contribution in [0.25, 0.3) is 10.8 Å². The highest BCUT2D eigenvalue weighted by Crippen LogP contribution is 2.27. The molecule has 1 N–H and O–H groups in total. The monoisotopic (exact) mass is 436 g/mol. The highest BCUT2D eigenvalue weighted by molar-refractivity contribution is 6.01. The number of pyridine rings is 1. The number of amides is 1. The molecule has 1 saturated heterocycles. The Morgan fingerprint density at radius 1 is 1.06 bits per heavy atom. The van der Waals surface area contributed by atoms with Crippen molar-refractivity contribution in [2.75, 3.05) is 55.7 Å². The van der Waals surface area contributed by atoms with Gasteiger partial charge in [0, 0.05) is 68.8 Å². The van der Waals surface area contributed by atoms with E-state index in [4.69, 9.17) is 4.74 Å². The van der Waals surface area contributed by atoms with Crippen LogP contribution >= 0.6 is 0 Å². The molecule has 0 aliphatic carbocycles. The Morgan fingerprint density at radius 3 is 2.56 bits per heavy atom. The van der Waals surface area contributed by atoms with Crippen molar-refractivity contribution in [1.29, 1.82) is 0 Å². The Balaban J connectivity index is 1.45. The molecular formula is C25H29FN4O2. The van der Waals surface area contributed by atoms with E-state index in [-0.39, 0.29) is 11.7 Å². The molecule has 1 amide bonds. The van der Waals surface area contributed by atoms with E-state index in [0.717, 1.165) is 54.9 Å². The molecule has 0 saturated carbocycles. The number of nitrogens with one attached hydrogen (secondary N) is 1. The van der Waals surface area contributed by atoms with Gasteiger partial charge in [-0.1, -0.05) is 6.07 Å². The average Bonchev–Trinajstić information content (AvgIpc) is 2.84. The topological polar surface area (TPSA) is 57.7 Å². The summed E-state index contributed by atoms with van der Waals surface area (Å²) in [5.74, 6) is 0.591. The fraction of sp³-hybridized carbons (Fsp3) is 0.360. The first-order chi connectivity index (χ1) is 15.7. The number of anilines is 2. The summed E-state index contributed by atoms with van der Waals surface area (Å²) >= 11 is 0. The lowest BCUT2D eigenvalue weighted by Gasteiger charge is -2.37. The summed E-state index contributed by atoms with van der Waals surface area (Å²) in [5.41, 5.74) is 1.66. The van der Waals surface area contributed by atoms with Gasteiger partial charge in [0.15, 0.2) is 0 Å². The second-order valence-electron chi connectivity index (χ2n) is 7.83. The van der Waals surface area contributed by atoms with Gasteiger partial charge in [-0.25, -0.2) is 9.37 Å². The number of hydrogen-bond donors (Lipinski definition) is 1. The Morgan fingerprint density at radius 2 is 1.81 bits per heavy atom. The Hall–Kier alpha value is -3.19. The molecule has 0 radical (unpaired) electrons. The minimum Gasteiger partial charge on any atom is -0.382 e. The molecule has 1 aliphatic rings. The Bertz CT molecular complexity index is 1050. The standard InChI is InChI=1S/C25H29FN4O2/c1-2-32-17-3-11-28-25(31)20-5-4-19-10-12-27-24(23(19)18-20)30-15-13-29(14-16-30)22-8-6-21(26)7-9-22/h4-10,12,18H,2-3,11,13-17H2,1H3,(H,28,31). The number of halogens is 1. The van der Waals surface area contributed by atoms with Crippen molar-refractivity contribution in [1.82, 2.24) is 10.3 Å². The Kier molecular flexibility index (Phi) is 7.17. The van der Waals surface area contributed by atoms with Crippen LogP contribution in [0.1, 0.15) is 23.7 Å². The van der Waals surface area contributed by atoms with Crippen LogP contribution < -0.4 is 15.1 Å². The molecule has 0 spiro atoms. The van der Waals surface area contributed by atoms with E-state index in [9.17, 15) is 9.18 Å². The van der Waals surface area contributed by atoms with Crippen molar-refractivity contribution < 1.29 is 13.9 Å². The van der Waals surface area contributed by atoms with E-state index in [1.807, 2.05) is 49.5 Å². The van der Waals surface area contributed by atoms with Gasteiger partial charge in [-0.2, -0.15) is 0 Å². The van der Waals surface area contributed by atoms with Crippen LogP contribution in [0.3, 0.4) is 0 Å². The van der Waals surface area contributed by atoms with Gasteiger partial charge >= 0.3 is 0 Å². The molecule has 2 heterocycles. The summed E-state index contributed by atoms with van der Waals surface area (Å²) in [6.07, 6.45) is 2.61. The predicted octanol–water partition coefficient (Wildman–Crippen LogP) is 3.86. The molecule has 0 unspecified atom stereocenters. The molecule has 6 nitrogen and oxygen atoms in total. The molecule has 4 rings (SSSR count). The normalized spacial score (nSPS) is 14.1. The van der Waals surface area contributed by atoms with Crippen molar-refractivity contribution in [2.45, 2.75) is 13.3 Å². The van der Waals surface area contributed by atoms with Crippen molar-refractivity contribution in [3.63, 3.8) is 0 Å². The molecule has 3 aromatic rings. The number of fused-ring (bicyclic) bond motifs is 1. The third-order valence-corrected chi connectivity index (χ3v) is 5.73. The molecule has 2 aromatic carbocycles. The molecule has 1 aromatic heterocycles. The average molecular weight is 437 g/mol. The lowest BCUT2D eigenvalue weighted by Crippen LogP contribution is -2.46. The second-order valence-corrected chi connectivity index (χ2v) is 7.83. The van der Waals surface area contributed by atoms with Crippen LogP contribution in [0.4, 0.5) is 15.9 Å². The fourth-order valence-electron chi connectivity index (χ4n) is 4.00. The van der Waals surface area contributed by atoms with Crippen molar-refractivity contribution in [3.8, 4) is 0 Å². The highest BCUT2D eigenvalue weighted by Gasteiger charge is 2.20. The van der Waals surface area contributed by atoms with Gasteiger partial charge in [0.2, 0.25) is 0 Å². The quantitative estimate of drug-likeness (QED) is 0.544. The molecule has 32 heavy (non-hydrogen) atoms. The first-order valence-electron chi connectivity index (χ1n) is 11.2. The SMILES string of the molecule is CCOCCCNC(=O)c1ccc2ccnc(N3CCN(c4ccc(F)cc4)CC3)c2c1. The molecule has 0 atom stereocenters. The zero-order valence-corrected chi connectivity index (χ0v) is 18.4. The number of hydrogen-bond acceptors (Lipinski definition) is 5. The van der Waals surface area contributed by atoms with E-state index in [1.54, 1.807) is 0 Å². The maximum atomic E-state index is 13.2. The summed E-state index contributed by atoms with van der Waals surface area (Å²) in [4.78, 5) is 21.8. The molecular weight excluding hydrogens is 407 g/mol. The third kappa shape index (κ3) is 5.16. The lowest BCUT2D eigenvalue weighted by atomic mass is 10.1. The zero-order chi connectivity index (χ0) is 22.3. The van der Waals surface area contributed by atoms with Gasteiger partial charge in [-0.15, -0.1) is 0 Å². The van der Waals surface area contributed by atoms with Crippen LogP contribution in [0, 0.1) is 5.82 Å². The largest absolute Gasteiger partial charge is 0.382 e. The minimum absolute atomic E-state index is 0.0840. The highest BCUT2D eigenvalue weighted by atomic mass is 19.1. The first kappa shape index (κ1) is 22.0. The first-order valence-corrected chi connectivity index (χ1v) is 11.2. The fourth-order valence-corrected chi connectivity index (χ4v) is 4.00. The molecule has 1 aliphatic heterocycles. The number of rotatable bonds is 8. The zero-order valence-electron chi connectivity index (χ0n) is 18.4. The van der Waals surface area contributed by atoms with Gasteiger partial charge in [0.25, 0.3) is 5.91 Å². The van der Waals surface area contributed by atoms with Crippen molar-refractivity contribution in [3.05, 3.63) is 66.1 Å². The van der Waals surface area contributed by atoms with Gasteiger partial charge in [0.05, 0.1) is 0 Å². The van der Waals surface area contributed by atoms with Crippen LogP contribution in [-0.2, 0) is 4.74 Å². The maximum absolute atomic E-state index is 13.2. The van der Waals surface area contributed by atoms with Gasteiger partial charge in [-0.05, 0) is 61.2 Å². The molecule has 0 bridgehead atoms. The van der Waals surface area contributed by atoms with E-state index >= 15 is 0 Å². The summed E-state index contributed by atoms with van der Waals surface area (Å²) in [7, 11) is 0. The van der Waals surface area contributed by atoms with E-state index in [2.05, 4.69) is 20.1 Å². The van der Waals surface area contributed by atoms with Crippen molar-refractivity contribution in [2.24, 2.45) is 0 Å². The number of carbonyl (C=O) groups is 1. The lowest BCUT2D eigenvalue weighted by molar-refractivity contribution is 0.0944. The van der Waals surface area contributed by atoms with Gasteiger partial charge in [-0.3, -0.25) is 4.79 Å². The smallest absolute Gasteiger partial charge is 0.251 e. The van der Waals surface area contributed by atoms with Gasteiger partial charge in [0.1, 0.15) is 11.6 Å². The predicted molar refractivity (Wildman–Crippen MR) is 126 cm³/mol. The number of ether oxygens (including phenoxy) is 1. The second kappa shape index (κ2) is 10.4. The summed E-state index contributed by atoms with van der Waals surface area (Å²) in [5, 5.41) is 5.00. The number of benzene rings is 2. The van der Waals surface area contributed by atoms with E-state index in [0.29, 0.717) is 25.3 Å². The summed E-state index contributed by atoms with van der Waals surface area (Å²) in [6.45, 7) is 7.13. The molecule has 1 fully saturated rings. The summed E-state index contributed by atoms with van der Waals surface area (Å²) < 4.78 is 18.5. The minimum atomic E-state index is -0.221. The summed E-state index contributed by atoms with van der Waals surface area (Å²) in [6, 6.07) is 14.4. The van der Waals surface area contributed by atoms with E-state index < -0.39 is 0 Å². The van der Waals surface area contributed by atoms with Crippen LogP contribution in [0.2, 0.25) is 0 Å². The third-order valence-electron chi connectivity index (χ3n) is 5.73. The number of nitrogens with zero attached hydrogens (tertiary/aromatic N) is 3. The van der Waals surface area contributed by atoms with Crippen LogP contribution in [0.15, 0.2) is 54.7 Å². The Labute approximate surface area is 188 Å². The van der Waals surface area contributed by atoms with Crippen molar-refractivity contribution >= 4 is 28.2 Å². The number of aromatic nitrogens is 1. The maximum Gasteiger partial charge on any atom is 0.251 e. The molecule has 168 valence electrons. The van der Waals surface area contributed by atoms with E-state index in [1.165, 1.54) is 12.1 Å². The number of piperazine rings is 1. The van der Waals surface area contributed by atoms with Crippen LogP contribution in [-0.4, -0.2) is 56.8 Å². The van der Waals surface area contributed by atoms with Gasteiger partial charge < -0.3 is 19.9 Å². The molecule has 7 heteroatoms.